The number of nitrogens with one attached hydrogen (secondary N) is 1. The Labute approximate surface area is 155 Å². The number of aromatic nitrogens is 2. The molecule has 0 saturated heterocycles. The van der Waals surface area contributed by atoms with Crippen LogP contribution < -0.4 is 4.72 Å². The number of rotatable bonds is 4. The highest BCUT2D eigenvalue weighted by molar-refractivity contribution is 7.89. The lowest BCUT2D eigenvalue weighted by Crippen LogP contribution is -2.29. The van der Waals surface area contributed by atoms with Gasteiger partial charge < -0.3 is 4.90 Å². The van der Waals surface area contributed by atoms with Gasteiger partial charge in [-0.25, -0.2) is 18.1 Å². The van der Waals surface area contributed by atoms with Crippen molar-refractivity contribution in [3.05, 3.63) is 52.1 Å². The maximum Gasteiger partial charge on any atom is 0.260 e. The van der Waals surface area contributed by atoms with Gasteiger partial charge in [-0.15, -0.1) is 11.3 Å². The third-order valence-electron chi connectivity index (χ3n) is 4.54. The summed E-state index contributed by atoms with van der Waals surface area (Å²) >= 11 is 7.45. The van der Waals surface area contributed by atoms with Crippen LogP contribution in [0.4, 0.5) is 0 Å². The monoisotopic (exact) mass is 396 g/mol. The summed E-state index contributed by atoms with van der Waals surface area (Å²) in [5.41, 5.74) is 2.16. The molecule has 0 bridgehead atoms. The average Bonchev–Trinajstić information content (AvgIpc) is 3.20. The highest BCUT2D eigenvalue weighted by Crippen LogP contribution is 2.42. The van der Waals surface area contributed by atoms with E-state index in [1.54, 1.807) is 11.6 Å². The number of imidazole rings is 1. The molecule has 0 radical (unpaired) electrons. The molecule has 2 aromatic heterocycles. The van der Waals surface area contributed by atoms with E-state index in [-0.39, 0.29) is 22.3 Å². The van der Waals surface area contributed by atoms with Gasteiger partial charge in [-0.2, -0.15) is 0 Å². The Morgan fingerprint density at radius 3 is 2.76 bits per heavy atom. The summed E-state index contributed by atoms with van der Waals surface area (Å²) in [6, 6.07) is 7.82. The first-order chi connectivity index (χ1) is 11.9. The van der Waals surface area contributed by atoms with Gasteiger partial charge in [0.2, 0.25) is 0 Å². The normalized spacial score (nSPS) is 20.5. The molecule has 3 aromatic rings. The number of halogens is 1. The largest absolute Gasteiger partial charge is 0.302 e. The molecule has 0 fully saturated rings. The zero-order valence-electron chi connectivity index (χ0n) is 13.7. The Hall–Kier alpha value is -1.45. The predicted molar refractivity (Wildman–Crippen MR) is 98.6 cm³/mol. The molecule has 2 atom stereocenters. The van der Waals surface area contributed by atoms with Gasteiger partial charge in [0.1, 0.15) is 0 Å². The van der Waals surface area contributed by atoms with E-state index in [0.717, 1.165) is 11.1 Å². The van der Waals surface area contributed by atoms with E-state index in [4.69, 9.17) is 11.6 Å². The van der Waals surface area contributed by atoms with E-state index in [1.807, 2.05) is 32.3 Å². The van der Waals surface area contributed by atoms with Gasteiger partial charge in [0.05, 0.1) is 0 Å². The van der Waals surface area contributed by atoms with Crippen molar-refractivity contribution in [3.63, 3.8) is 0 Å². The molecule has 1 aliphatic carbocycles. The Morgan fingerprint density at radius 1 is 1.32 bits per heavy atom. The second-order valence-electron chi connectivity index (χ2n) is 6.28. The Bertz CT molecular complexity index is 1040. The van der Waals surface area contributed by atoms with Crippen molar-refractivity contribution in [1.29, 1.82) is 0 Å². The number of nitrogens with zero attached hydrogens (tertiary/aromatic N) is 3. The molecule has 2 heterocycles. The Kier molecular flexibility index (Phi) is 4.12. The molecule has 4 rings (SSSR count). The molecule has 25 heavy (non-hydrogen) atoms. The minimum atomic E-state index is -3.81. The van der Waals surface area contributed by atoms with Crippen LogP contribution in [-0.4, -0.2) is 36.8 Å². The van der Waals surface area contributed by atoms with E-state index in [0.29, 0.717) is 11.4 Å². The highest BCUT2D eigenvalue weighted by atomic mass is 35.5. The molecule has 0 aliphatic heterocycles. The van der Waals surface area contributed by atoms with Crippen molar-refractivity contribution < 1.29 is 8.42 Å². The second-order valence-corrected chi connectivity index (χ2v) is 9.14. The fraction of sp³-hybridized carbons (Fsp3) is 0.312. The molecule has 1 aromatic carbocycles. The van der Waals surface area contributed by atoms with Crippen molar-refractivity contribution in [1.82, 2.24) is 19.0 Å². The van der Waals surface area contributed by atoms with Crippen LogP contribution in [0.3, 0.4) is 0 Å². The fourth-order valence-electron chi connectivity index (χ4n) is 3.43. The minimum Gasteiger partial charge on any atom is -0.302 e. The van der Waals surface area contributed by atoms with Gasteiger partial charge in [0.15, 0.2) is 15.1 Å². The number of hydrogen-bond acceptors (Lipinski definition) is 5. The van der Waals surface area contributed by atoms with Crippen molar-refractivity contribution in [2.45, 2.75) is 23.5 Å². The molecule has 6 nitrogen and oxygen atoms in total. The quantitative estimate of drug-likeness (QED) is 0.735. The van der Waals surface area contributed by atoms with E-state index in [2.05, 4.69) is 20.7 Å². The fourth-order valence-corrected chi connectivity index (χ4v) is 6.11. The predicted octanol–water partition coefficient (Wildman–Crippen LogP) is 3.08. The van der Waals surface area contributed by atoms with Crippen molar-refractivity contribution in [3.8, 4) is 0 Å². The van der Waals surface area contributed by atoms with Crippen LogP contribution in [-0.2, 0) is 10.0 Å². The number of fused-ring (bicyclic) bond motifs is 2. The molecule has 132 valence electrons. The maximum absolute atomic E-state index is 13.0. The second kappa shape index (κ2) is 6.07. The van der Waals surface area contributed by atoms with Gasteiger partial charge in [0.25, 0.3) is 10.0 Å². The summed E-state index contributed by atoms with van der Waals surface area (Å²) in [6.45, 7) is 0. The van der Waals surface area contributed by atoms with Crippen molar-refractivity contribution in [2.24, 2.45) is 0 Å². The van der Waals surface area contributed by atoms with Crippen LogP contribution in [0.1, 0.15) is 29.6 Å². The van der Waals surface area contributed by atoms with Gasteiger partial charge in [-0.1, -0.05) is 35.9 Å². The summed E-state index contributed by atoms with van der Waals surface area (Å²) in [7, 11) is 0.189. The molecule has 0 amide bonds. The van der Waals surface area contributed by atoms with E-state index in [1.165, 1.54) is 15.7 Å². The van der Waals surface area contributed by atoms with Crippen LogP contribution in [0.5, 0.6) is 0 Å². The lowest BCUT2D eigenvalue weighted by Gasteiger charge is -2.20. The summed E-state index contributed by atoms with van der Waals surface area (Å²) in [5, 5.41) is 1.77. The lowest BCUT2D eigenvalue weighted by molar-refractivity contribution is 0.286. The van der Waals surface area contributed by atoms with E-state index < -0.39 is 10.0 Å². The van der Waals surface area contributed by atoms with Gasteiger partial charge in [0, 0.05) is 23.7 Å². The molecule has 2 unspecified atom stereocenters. The zero-order valence-corrected chi connectivity index (χ0v) is 16.1. The number of thiazole rings is 1. The highest BCUT2D eigenvalue weighted by Gasteiger charge is 2.36. The first-order valence-electron chi connectivity index (χ1n) is 7.77. The average molecular weight is 397 g/mol. The number of benzene rings is 1. The van der Waals surface area contributed by atoms with Crippen LogP contribution in [0.15, 0.2) is 40.9 Å². The van der Waals surface area contributed by atoms with Gasteiger partial charge >= 0.3 is 0 Å². The number of sulfonamides is 1. The summed E-state index contributed by atoms with van der Waals surface area (Å²) < 4.78 is 30.3. The minimum absolute atomic E-state index is 0.00352. The Morgan fingerprint density at radius 2 is 2.04 bits per heavy atom. The first-order valence-corrected chi connectivity index (χ1v) is 10.5. The molecule has 0 saturated carbocycles. The summed E-state index contributed by atoms with van der Waals surface area (Å²) in [4.78, 5) is 6.79. The lowest BCUT2D eigenvalue weighted by atomic mass is 10.1. The van der Waals surface area contributed by atoms with Crippen LogP contribution in [0, 0.1) is 0 Å². The smallest absolute Gasteiger partial charge is 0.260 e. The van der Waals surface area contributed by atoms with Crippen LogP contribution in [0.25, 0.3) is 4.96 Å². The third-order valence-corrected chi connectivity index (χ3v) is 7.17. The molecule has 0 spiro atoms. The molecular formula is C16H17ClN4O2S2. The molecular weight excluding hydrogens is 380 g/mol. The van der Waals surface area contributed by atoms with Crippen molar-refractivity contribution in [2.75, 3.05) is 14.1 Å². The standard InChI is InChI=1S/C16H17ClN4O2S2/c1-20(2)13-9-12(10-5-3-4-6-11(10)13)19-25(22,23)15-14(17)18-16-21(15)7-8-24-16/h3-8,12-13,19H,9H2,1-2H3. The molecule has 1 N–H and O–H groups in total. The SMILES string of the molecule is CN(C)C1CC(NS(=O)(=O)c2c(Cl)nc3sccn23)c2ccccc21. The van der Waals surface area contributed by atoms with Crippen molar-refractivity contribution >= 4 is 37.9 Å². The van der Waals surface area contributed by atoms with E-state index >= 15 is 0 Å². The summed E-state index contributed by atoms with van der Waals surface area (Å²) in [5.74, 6) is 0. The van der Waals surface area contributed by atoms with Gasteiger partial charge in [-0.3, -0.25) is 4.40 Å². The third kappa shape index (κ3) is 2.78. The summed E-state index contributed by atoms with van der Waals surface area (Å²) in [6.07, 6.45) is 2.34. The topological polar surface area (TPSA) is 66.7 Å². The van der Waals surface area contributed by atoms with Crippen LogP contribution in [0.2, 0.25) is 5.15 Å². The Balaban J connectivity index is 1.73. The van der Waals surface area contributed by atoms with Crippen LogP contribution >= 0.6 is 22.9 Å². The zero-order chi connectivity index (χ0) is 17.8. The molecule has 1 aliphatic rings. The first kappa shape index (κ1) is 17.0. The molecule has 9 heteroatoms. The number of hydrogen-bond donors (Lipinski definition) is 1. The van der Waals surface area contributed by atoms with Gasteiger partial charge in [-0.05, 0) is 31.6 Å². The maximum atomic E-state index is 13.0. The van der Waals surface area contributed by atoms with E-state index in [9.17, 15) is 8.42 Å².